The summed E-state index contributed by atoms with van der Waals surface area (Å²) in [5.41, 5.74) is 2.30. The Morgan fingerprint density at radius 3 is 2.71 bits per heavy atom. The fraction of sp³-hybridized carbons (Fsp3) is 0.667. The van der Waals surface area contributed by atoms with Crippen LogP contribution in [0.1, 0.15) is 30.8 Å². The van der Waals surface area contributed by atoms with Crippen LogP contribution in [0.15, 0.2) is 10.9 Å². The standard InChI is InChI=1S/C12H19N3OS/c1-3-10(2)14-4-6-15(7-5-14)12(16)11-8-17-9-13-11/h8-10H,3-7H2,1-2H3. The normalized spacial score (nSPS) is 19.3. The minimum atomic E-state index is 0.0788. The average molecular weight is 253 g/mol. The molecule has 1 aliphatic rings. The van der Waals surface area contributed by atoms with E-state index in [4.69, 9.17) is 0 Å². The number of carbonyl (C=O) groups excluding carboxylic acids is 1. The highest BCUT2D eigenvalue weighted by molar-refractivity contribution is 7.07. The van der Waals surface area contributed by atoms with Crippen LogP contribution in [0.2, 0.25) is 0 Å². The average Bonchev–Trinajstić information content (AvgIpc) is 2.91. The SMILES string of the molecule is CCC(C)N1CCN(C(=O)c2cscn2)CC1. The maximum Gasteiger partial charge on any atom is 0.273 e. The van der Waals surface area contributed by atoms with Crippen molar-refractivity contribution < 1.29 is 4.79 Å². The predicted molar refractivity (Wildman–Crippen MR) is 69.3 cm³/mol. The summed E-state index contributed by atoms with van der Waals surface area (Å²) in [6.07, 6.45) is 1.17. The highest BCUT2D eigenvalue weighted by Gasteiger charge is 2.24. The van der Waals surface area contributed by atoms with Crippen molar-refractivity contribution in [3.05, 3.63) is 16.6 Å². The van der Waals surface area contributed by atoms with Crippen molar-refractivity contribution >= 4 is 17.2 Å². The summed E-state index contributed by atoms with van der Waals surface area (Å²) >= 11 is 1.47. The van der Waals surface area contributed by atoms with Crippen LogP contribution < -0.4 is 0 Å². The second kappa shape index (κ2) is 5.60. The Kier molecular flexibility index (Phi) is 4.12. The van der Waals surface area contributed by atoms with Gasteiger partial charge in [0.2, 0.25) is 0 Å². The fourth-order valence-electron chi connectivity index (χ4n) is 2.10. The van der Waals surface area contributed by atoms with Crippen LogP contribution in [0.4, 0.5) is 0 Å². The van der Waals surface area contributed by atoms with E-state index < -0.39 is 0 Å². The van der Waals surface area contributed by atoms with E-state index >= 15 is 0 Å². The molecule has 0 aliphatic carbocycles. The molecule has 1 atom stereocenters. The summed E-state index contributed by atoms with van der Waals surface area (Å²) in [6, 6.07) is 0.617. The lowest BCUT2D eigenvalue weighted by Gasteiger charge is -2.37. The first-order chi connectivity index (χ1) is 8.22. The monoisotopic (exact) mass is 253 g/mol. The first kappa shape index (κ1) is 12.5. The number of thiazole rings is 1. The molecule has 0 radical (unpaired) electrons. The maximum atomic E-state index is 12.1. The molecule has 17 heavy (non-hydrogen) atoms. The van der Waals surface area contributed by atoms with Gasteiger partial charge in [-0.05, 0) is 13.3 Å². The van der Waals surface area contributed by atoms with Crippen LogP contribution in [0.5, 0.6) is 0 Å². The Morgan fingerprint density at radius 1 is 1.47 bits per heavy atom. The molecule has 1 saturated heterocycles. The molecule has 0 aromatic carbocycles. The van der Waals surface area contributed by atoms with E-state index in [-0.39, 0.29) is 5.91 Å². The lowest BCUT2D eigenvalue weighted by Crippen LogP contribution is -2.51. The smallest absolute Gasteiger partial charge is 0.273 e. The summed E-state index contributed by atoms with van der Waals surface area (Å²) in [4.78, 5) is 20.5. The minimum absolute atomic E-state index is 0.0788. The Morgan fingerprint density at radius 2 is 2.18 bits per heavy atom. The van der Waals surface area contributed by atoms with E-state index in [0.717, 1.165) is 26.2 Å². The van der Waals surface area contributed by atoms with Gasteiger partial charge in [0.1, 0.15) is 5.69 Å². The first-order valence-corrected chi connectivity index (χ1v) is 7.08. The lowest BCUT2D eigenvalue weighted by molar-refractivity contribution is 0.0575. The Bertz CT molecular complexity index is 358. The third-order valence-corrected chi connectivity index (χ3v) is 4.05. The number of piperazine rings is 1. The molecule has 0 N–H and O–H groups in total. The minimum Gasteiger partial charge on any atom is -0.335 e. The van der Waals surface area contributed by atoms with Crippen molar-refractivity contribution in [2.24, 2.45) is 0 Å². The topological polar surface area (TPSA) is 36.4 Å². The molecule has 1 aromatic heterocycles. The molecule has 1 fully saturated rings. The van der Waals surface area contributed by atoms with E-state index in [1.807, 2.05) is 10.3 Å². The summed E-state index contributed by atoms with van der Waals surface area (Å²) in [7, 11) is 0. The summed E-state index contributed by atoms with van der Waals surface area (Å²) in [5, 5.41) is 1.82. The Labute approximate surface area is 106 Å². The van der Waals surface area contributed by atoms with Crippen molar-refractivity contribution in [3.8, 4) is 0 Å². The van der Waals surface area contributed by atoms with Gasteiger partial charge in [-0.3, -0.25) is 9.69 Å². The van der Waals surface area contributed by atoms with Gasteiger partial charge in [0.25, 0.3) is 5.91 Å². The second-order valence-corrected chi connectivity index (χ2v) is 5.18. The van der Waals surface area contributed by atoms with Gasteiger partial charge in [0, 0.05) is 37.6 Å². The Hall–Kier alpha value is -0.940. The van der Waals surface area contributed by atoms with Gasteiger partial charge in [-0.2, -0.15) is 0 Å². The molecule has 1 aromatic rings. The second-order valence-electron chi connectivity index (χ2n) is 4.46. The zero-order valence-electron chi connectivity index (χ0n) is 10.4. The van der Waals surface area contributed by atoms with E-state index in [1.54, 1.807) is 5.51 Å². The lowest BCUT2D eigenvalue weighted by atomic mass is 10.2. The summed E-state index contributed by atoms with van der Waals surface area (Å²) in [6.45, 7) is 8.05. The number of nitrogens with zero attached hydrogens (tertiary/aromatic N) is 3. The molecule has 2 heterocycles. The van der Waals surface area contributed by atoms with Crippen molar-refractivity contribution in [1.29, 1.82) is 0 Å². The molecule has 0 bridgehead atoms. The molecule has 1 amide bonds. The third kappa shape index (κ3) is 2.84. The number of rotatable bonds is 3. The molecule has 4 nitrogen and oxygen atoms in total. The van der Waals surface area contributed by atoms with E-state index in [2.05, 4.69) is 23.7 Å². The fourth-order valence-corrected chi connectivity index (χ4v) is 2.63. The van der Waals surface area contributed by atoms with Crippen LogP contribution in [0.3, 0.4) is 0 Å². The number of carbonyl (C=O) groups is 1. The molecule has 94 valence electrons. The molecular formula is C12H19N3OS. The summed E-state index contributed by atoms with van der Waals surface area (Å²) < 4.78 is 0. The van der Waals surface area contributed by atoms with Crippen LogP contribution in [-0.4, -0.2) is 52.9 Å². The highest BCUT2D eigenvalue weighted by Crippen LogP contribution is 2.12. The molecule has 2 rings (SSSR count). The molecule has 1 aliphatic heterocycles. The van der Waals surface area contributed by atoms with Crippen molar-refractivity contribution in [1.82, 2.24) is 14.8 Å². The van der Waals surface area contributed by atoms with Crippen LogP contribution in [0.25, 0.3) is 0 Å². The zero-order chi connectivity index (χ0) is 12.3. The molecule has 0 spiro atoms. The molecule has 5 heteroatoms. The van der Waals surface area contributed by atoms with Gasteiger partial charge in [-0.1, -0.05) is 6.92 Å². The first-order valence-electron chi connectivity index (χ1n) is 6.14. The molecule has 0 saturated carbocycles. The van der Waals surface area contributed by atoms with Gasteiger partial charge in [0.15, 0.2) is 0 Å². The molecular weight excluding hydrogens is 234 g/mol. The maximum absolute atomic E-state index is 12.1. The Balaban J connectivity index is 1.89. The van der Waals surface area contributed by atoms with E-state index in [0.29, 0.717) is 11.7 Å². The number of aromatic nitrogens is 1. The largest absolute Gasteiger partial charge is 0.335 e. The van der Waals surface area contributed by atoms with E-state index in [1.165, 1.54) is 17.8 Å². The number of hydrogen-bond donors (Lipinski definition) is 0. The quantitative estimate of drug-likeness (QED) is 0.822. The summed E-state index contributed by atoms with van der Waals surface area (Å²) in [5.74, 6) is 0.0788. The highest BCUT2D eigenvalue weighted by atomic mass is 32.1. The number of hydrogen-bond acceptors (Lipinski definition) is 4. The van der Waals surface area contributed by atoms with Gasteiger partial charge in [-0.25, -0.2) is 4.98 Å². The van der Waals surface area contributed by atoms with Crippen LogP contribution in [0, 0.1) is 0 Å². The predicted octanol–water partition coefficient (Wildman–Crippen LogP) is 1.70. The zero-order valence-corrected chi connectivity index (χ0v) is 11.2. The van der Waals surface area contributed by atoms with Gasteiger partial charge < -0.3 is 4.90 Å². The van der Waals surface area contributed by atoms with Gasteiger partial charge in [-0.15, -0.1) is 11.3 Å². The van der Waals surface area contributed by atoms with Crippen molar-refractivity contribution in [3.63, 3.8) is 0 Å². The van der Waals surface area contributed by atoms with Crippen molar-refractivity contribution in [2.75, 3.05) is 26.2 Å². The molecule has 1 unspecified atom stereocenters. The number of amides is 1. The third-order valence-electron chi connectivity index (χ3n) is 3.47. The van der Waals surface area contributed by atoms with Crippen LogP contribution >= 0.6 is 11.3 Å². The van der Waals surface area contributed by atoms with Gasteiger partial charge in [0.05, 0.1) is 5.51 Å². The van der Waals surface area contributed by atoms with Crippen molar-refractivity contribution in [2.45, 2.75) is 26.3 Å². The van der Waals surface area contributed by atoms with Gasteiger partial charge >= 0.3 is 0 Å². The van der Waals surface area contributed by atoms with E-state index in [9.17, 15) is 4.79 Å². The van der Waals surface area contributed by atoms with Crippen LogP contribution in [-0.2, 0) is 0 Å².